The van der Waals surface area contributed by atoms with Crippen molar-refractivity contribution in [2.24, 2.45) is 11.7 Å². The van der Waals surface area contributed by atoms with Gasteiger partial charge in [0.2, 0.25) is 5.91 Å². The van der Waals surface area contributed by atoms with Crippen molar-refractivity contribution in [2.45, 2.75) is 31.3 Å². The largest absolute Gasteiger partial charge is 0.379 e. The van der Waals surface area contributed by atoms with Gasteiger partial charge in [-0.25, -0.2) is 0 Å². The van der Waals surface area contributed by atoms with E-state index in [1.807, 2.05) is 4.90 Å². The maximum atomic E-state index is 12.4. The number of hydrogen-bond donors (Lipinski definition) is 1. The second-order valence-electron chi connectivity index (χ2n) is 5.78. The molecule has 0 aromatic rings. The van der Waals surface area contributed by atoms with Crippen molar-refractivity contribution < 1.29 is 9.53 Å². The van der Waals surface area contributed by atoms with Crippen molar-refractivity contribution in [1.82, 2.24) is 9.80 Å². The second kappa shape index (κ2) is 5.15. The Kier molecular flexibility index (Phi) is 3.54. The molecule has 3 rings (SSSR count). The van der Waals surface area contributed by atoms with E-state index in [-0.39, 0.29) is 17.9 Å². The van der Waals surface area contributed by atoms with E-state index < -0.39 is 0 Å². The van der Waals surface area contributed by atoms with Crippen LogP contribution in [0.2, 0.25) is 0 Å². The van der Waals surface area contributed by atoms with E-state index in [9.17, 15) is 4.79 Å². The summed E-state index contributed by atoms with van der Waals surface area (Å²) < 4.78 is 5.31. The number of carbonyl (C=O) groups is 1. The molecule has 1 amide bonds. The number of nitrogens with zero attached hydrogens (tertiary/aromatic N) is 2. The van der Waals surface area contributed by atoms with Crippen molar-refractivity contribution >= 4 is 5.91 Å². The molecule has 3 heterocycles. The molecular weight excluding hydrogens is 230 g/mol. The Morgan fingerprint density at radius 2 is 2.06 bits per heavy atom. The second-order valence-corrected chi connectivity index (χ2v) is 5.78. The lowest BCUT2D eigenvalue weighted by Gasteiger charge is -2.44. The molecular formula is C13H23N3O2. The fraction of sp³-hybridized carbons (Fsp3) is 0.923. The number of amides is 1. The number of rotatable bonds is 1. The van der Waals surface area contributed by atoms with Gasteiger partial charge in [-0.1, -0.05) is 6.42 Å². The fourth-order valence-electron chi connectivity index (χ4n) is 3.42. The van der Waals surface area contributed by atoms with Crippen molar-refractivity contribution in [3.63, 3.8) is 0 Å². The van der Waals surface area contributed by atoms with Crippen LogP contribution in [0.3, 0.4) is 0 Å². The molecule has 3 aliphatic rings. The molecule has 0 aromatic carbocycles. The van der Waals surface area contributed by atoms with Crippen LogP contribution in [0, 0.1) is 5.92 Å². The van der Waals surface area contributed by atoms with Gasteiger partial charge in [0.15, 0.2) is 0 Å². The minimum absolute atomic E-state index is 0.109. The van der Waals surface area contributed by atoms with Gasteiger partial charge in [-0.05, 0) is 19.4 Å². The summed E-state index contributed by atoms with van der Waals surface area (Å²) in [5.74, 6) is 0.102. The highest BCUT2D eigenvalue weighted by molar-refractivity contribution is 5.80. The minimum Gasteiger partial charge on any atom is -0.379 e. The Hall–Kier alpha value is -0.650. The number of fused-ring (bicyclic) bond motifs is 1. The van der Waals surface area contributed by atoms with Crippen LogP contribution in [0.25, 0.3) is 0 Å². The molecule has 0 aliphatic carbocycles. The van der Waals surface area contributed by atoms with E-state index >= 15 is 0 Å². The lowest BCUT2D eigenvalue weighted by molar-refractivity contribution is -0.139. The number of hydrogen-bond acceptors (Lipinski definition) is 4. The number of carbonyl (C=O) groups excluding carboxylic acids is 1. The number of piperazine rings is 1. The number of piperidine rings is 1. The summed E-state index contributed by atoms with van der Waals surface area (Å²) in [6.07, 6.45) is 3.85. The summed E-state index contributed by atoms with van der Waals surface area (Å²) in [7, 11) is 0. The first-order valence-electron chi connectivity index (χ1n) is 7.12. The standard InChI is InChI=1S/C13H23N3O2/c14-12-9-18-8-11(12)13(17)16-6-5-15-4-2-1-3-10(15)7-16/h10-12H,1-9,14H2. The smallest absolute Gasteiger partial charge is 0.229 e. The molecule has 0 radical (unpaired) electrons. The molecule has 3 atom stereocenters. The van der Waals surface area contributed by atoms with E-state index in [1.165, 1.54) is 25.8 Å². The summed E-state index contributed by atoms with van der Waals surface area (Å²) in [5, 5.41) is 0. The third-order valence-electron chi connectivity index (χ3n) is 4.59. The van der Waals surface area contributed by atoms with Crippen LogP contribution in [0.1, 0.15) is 19.3 Å². The third kappa shape index (κ3) is 2.27. The predicted octanol–water partition coefficient (Wildman–Crippen LogP) is -0.343. The Balaban J connectivity index is 1.61. The average molecular weight is 253 g/mol. The van der Waals surface area contributed by atoms with Crippen LogP contribution >= 0.6 is 0 Å². The van der Waals surface area contributed by atoms with E-state index in [4.69, 9.17) is 10.5 Å². The SMILES string of the molecule is NC1COCC1C(=O)N1CCN2CCCCC2C1. The van der Waals surface area contributed by atoms with Gasteiger partial charge >= 0.3 is 0 Å². The van der Waals surface area contributed by atoms with Gasteiger partial charge < -0.3 is 15.4 Å². The van der Waals surface area contributed by atoms with Crippen molar-refractivity contribution in [3.8, 4) is 0 Å². The number of ether oxygens (including phenoxy) is 1. The molecule has 0 bridgehead atoms. The summed E-state index contributed by atoms with van der Waals surface area (Å²) in [6.45, 7) is 5.02. The summed E-state index contributed by atoms with van der Waals surface area (Å²) in [4.78, 5) is 17.0. The van der Waals surface area contributed by atoms with Crippen LogP contribution in [0.4, 0.5) is 0 Å². The fourth-order valence-corrected chi connectivity index (χ4v) is 3.42. The van der Waals surface area contributed by atoms with Crippen LogP contribution in [-0.4, -0.2) is 67.2 Å². The third-order valence-corrected chi connectivity index (χ3v) is 4.59. The summed E-state index contributed by atoms with van der Waals surface area (Å²) >= 11 is 0. The van der Waals surface area contributed by atoms with Gasteiger partial charge in [-0.15, -0.1) is 0 Å². The number of nitrogens with two attached hydrogens (primary N) is 1. The summed E-state index contributed by atoms with van der Waals surface area (Å²) in [5.41, 5.74) is 5.94. The lowest BCUT2D eigenvalue weighted by Crippen LogP contribution is -2.58. The Morgan fingerprint density at radius 1 is 1.17 bits per heavy atom. The van der Waals surface area contributed by atoms with E-state index in [0.29, 0.717) is 19.3 Å². The van der Waals surface area contributed by atoms with Crippen LogP contribution in [0.15, 0.2) is 0 Å². The van der Waals surface area contributed by atoms with Crippen LogP contribution in [-0.2, 0) is 9.53 Å². The lowest BCUT2D eigenvalue weighted by atomic mass is 9.97. The molecule has 2 N–H and O–H groups in total. The van der Waals surface area contributed by atoms with Crippen LogP contribution in [0.5, 0.6) is 0 Å². The van der Waals surface area contributed by atoms with Crippen molar-refractivity contribution in [2.75, 3.05) is 39.4 Å². The zero-order valence-electron chi connectivity index (χ0n) is 10.9. The predicted molar refractivity (Wildman–Crippen MR) is 68.1 cm³/mol. The minimum atomic E-state index is -0.111. The van der Waals surface area contributed by atoms with E-state index in [2.05, 4.69) is 4.90 Å². The monoisotopic (exact) mass is 253 g/mol. The summed E-state index contributed by atoms with van der Waals surface area (Å²) in [6, 6.07) is 0.469. The van der Waals surface area contributed by atoms with Crippen LogP contribution < -0.4 is 5.73 Å². The molecule has 3 fully saturated rings. The quantitative estimate of drug-likeness (QED) is 0.694. The van der Waals surface area contributed by atoms with Gasteiger partial charge in [0.1, 0.15) is 0 Å². The molecule has 5 nitrogen and oxygen atoms in total. The molecule has 0 spiro atoms. The van der Waals surface area contributed by atoms with Crippen molar-refractivity contribution in [1.29, 1.82) is 0 Å². The first-order chi connectivity index (χ1) is 8.75. The van der Waals surface area contributed by atoms with Gasteiger partial charge in [0.05, 0.1) is 19.1 Å². The molecule has 5 heteroatoms. The van der Waals surface area contributed by atoms with Gasteiger partial charge in [-0.2, -0.15) is 0 Å². The highest BCUT2D eigenvalue weighted by atomic mass is 16.5. The zero-order valence-corrected chi connectivity index (χ0v) is 10.9. The molecule has 102 valence electrons. The molecule has 3 unspecified atom stereocenters. The zero-order chi connectivity index (χ0) is 12.5. The van der Waals surface area contributed by atoms with E-state index in [1.54, 1.807) is 0 Å². The molecule has 3 saturated heterocycles. The first-order valence-corrected chi connectivity index (χ1v) is 7.12. The Bertz CT molecular complexity index is 323. The molecule has 3 aliphatic heterocycles. The maximum absolute atomic E-state index is 12.4. The van der Waals surface area contributed by atoms with E-state index in [0.717, 1.165) is 19.6 Å². The molecule has 18 heavy (non-hydrogen) atoms. The van der Waals surface area contributed by atoms with Gasteiger partial charge in [-0.3, -0.25) is 9.69 Å². The Labute approximate surface area is 108 Å². The normalized spacial score (nSPS) is 37.6. The average Bonchev–Trinajstić information content (AvgIpc) is 2.83. The van der Waals surface area contributed by atoms with Gasteiger partial charge in [0, 0.05) is 31.7 Å². The highest BCUT2D eigenvalue weighted by Crippen LogP contribution is 2.23. The first kappa shape index (κ1) is 12.4. The topological polar surface area (TPSA) is 58.8 Å². The molecule has 0 saturated carbocycles. The maximum Gasteiger partial charge on any atom is 0.229 e. The Morgan fingerprint density at radius 3 is 2.83 bits per heavy atom. The molecule has 0 aromatic heterocycles. The van der Waals surface area contributed by atoms with Crippen molar-refractivity contribution in [3.05, 3.63) is 0 Å². The highest BCUT2D eigenvalue weighted by Gasteiger charge is 2.37. The van der Waals surface area contributed by atoms with Gasteiger partial charge in [0.25, 0.3) is 0 Å².